The first kappa shape index (κ1) is 13.5. The van der Waals surface area contributed by atoms with E-state index in [-0.39, 0.29) is 4.90 Å². The van der Waals surface area contributed by atoms with Crippen molar-refractivity contribution in [2.24, 2.45) is 0 Å². The number of carbonyl (C=O) groups is 3. The van der Waals surface area contributed by atoms with Crippen LogP contribution in [0.5, 0.6) is 0 Å². The molecule has 10 nitrogen and oxygen atoms in total. The van der Waals surface area contributed by atoms with E-state index in [1.54, 1.807) is 0 Å². The minimum atomic E-state index is -1.66. The Morgan fingerprint density at radius 2 is 1.89 bits per heavy atom. The molecule has 0 saturated carbocycles. The lowest BCUT2D eigenvalue weighted by Gasteiger charge is -2.30. The molecule has 3 amide bonds. The van der Waals surface area contributed by atoms with Crippen LogP contribution in [0.3, 0.4) is 0 Å². The van der Waals surface area contributed by atoms with Crippen LogP contribution in [-0.2, 0) is 14.3 Å². The molecule has 0 radical (unpaired) electrons. The zero-order valence-corrected chi connectivity index (χ0v) is 9.44. The predicted octanol–water partition coefficient (Wildman–Crippen LogP) is -3.48. The van der Waals surface area contributed by atoms with Gasteiger partial charge in [-0.05, 0) is 0 Å². The van der Waals surface area contributed by atoms with Crippen LogP contribution in [0.25, 0.3) is 0 Å². The van der Waals surface area contributed by atoms with E-state index < -0.39 is 54.7 Å². The number of hydrogen-bond acceptors (Lipinski definition) is 8. The number of ether oxygens (including phenoxy) is 1. The van der Waals surface area contributed by atoms with E-state index >= 15 is 0 Å². The second kappa shape index (κ2) is 4.66. The van der Waals surface area contributed by atoms with Gasteiger partial charge in [0.2, 0.25) is 0 Å². The van der Waals surface area contributed by atoms with Crippen molar-refractivity contribution in [3.63, 3.8) is 0 Å². The first-order valence-electron chi connectivity index (χ1n) is 5.28. The Morgan fingerprint density at radius 1 is 1.26 bits per heavy atom. The molecule has 10 heteroatoms. The summed E-state index contributed by atoms with van der Waals surface area (Å²) in [4.78, 5) is 34.8. The Kier molecular flexibility index (Phi) is 3.32. The van der Waals surface area contributed by atoms with E-state index in [1.807, 2.05) is 5.32 Å². The lowest BCUT2D eigenvalue weighted by molar-refractivity contribution is -0.152. The van der Waals surface area contributed by atoms with Gasteiger partial charge in [0.1, 0.15) is 18.3 Å². The topological polar surface area (TPSA) is 160 Å². The van der Waals surface area contributed by atoms with Crippen molar-refractivity contribution in [3.05, 3.63) is 0 Å². The smallest absolute Gasteiger partial charge is 0.332 e. The molecule has 2 rings (SSSR count). The van der Waals surface area contributed by atoms with Crippen LogP contribution in [0.15, 0.2) is 0 Å². The molecule has 4 atom stereocenters. The van der Waals surface area contributed by atoms with E-state index in [0.29, 0.717) is 0 Å². The molecule has 2 heterocycles. The summed E-state index contributed by atoms with van der Waals surface area (Å²) in [5.74, 6) is -3.49. The van der Waals surface area contributed by atoms with Crippen LogP contribution < -0.4 is 5.32 Å². The third kappa shape index (κ3) is 2.00. The number of Topliss-reactive ketones (excluding diaryl/α,β-unsaturated/α-hetero) is 1. The van der Waals surface area contributed by atoms with Gasteiger partial charge in [-0.2, -0.15) is 0 Å². The number of carbonyl (C=O) groups excluding carboxylic acids is 3. The molecule has 0 spiro atoms. The Hall–Kier alpha value is -1.88. The normalized spacial score (nSPS) is 35.8. The Balaban J connectivity index is 2.26. The maximum Gasteiger partial charge on any atom is 0.332 e. The molecule has 0 aromatic heterocycles. The lowest BCUT2D eigenvalue weighted by Crippen LogP contribution is -2.63. The standard InChI is InChI=1S/C9H11N3O7/c10-6-5(16)7(17)12(9(18)11-6)8-4(15)3(14)2(1-13)19-8/h2-4,8,13-15H,1H2,(H2,10,11,18)/t2-,3-,4-,8-/m1/s1. The van der Waals surface area contributed by atoms with Crippen molar-refractivity contribution in [1.29, 1.82) is 5.41 Å². The molecule has 2 aliphatic heterocycles. The van der Waals surface area contributed by atoms with Gasteiger partial charge in [0, 0.05) is 0 Å². The number of amides is 3. The van der Waals surface area contributed by atoms with Crippen LogP contribution >= 0.6 is 0 Å². The van der Waals surface area contributed by atoms with Crippen LogP contribution in [0, 0.1) is 5.41 Å². The van der Waals surface area contributed by atoms with Gasteiger partial charge in [-0.15, -0.1) is 0 Å². The third-order valence-electron chi connectivity index (χ3n) is 2.86. The molecule has 5 N–H and O–H groups in total. The van der Waals surface area contributed by atoms with Crippen LogP contribution in [0.4, 0.5) is 4.79 Å². The highest BCUT2D eigenvalue weighted by molar-refractivity contribution is 6.67. The molecule has 0 bridgehead atoms. The average Bonchev–Trinajstić information content (AvgIpc) is 2.64. The monoisotopic (exact) mass is 273 g/mol. The first-order chi connectivity index (χ1) is 8.88. The highest BCUT2D eigenvalue weighted by atomic mass is 16.6. The third-order valence-corrected chi connectivity index (χ3v) is 2.86. The van der Waals surface area contributed by atoms with Crippen LogP contribution in [0.2, 0.25) is 0 Å². The summed E-state index contributed by atoms with van der Waals surface area (Å²) in [5.41, 5.74) is 0. The van der Waals surface area contributed by atoms with E-state index in [0.717, 1.165) is 0 Å². The summed E-state index contributed by atoms with van der Waals surface area (Å²) in [6.45, 7) is -0.637. The molecule has 104 valence electrons. The maximum atomic E-state index is 11.6. The van der Waals surface area contributed by atoms with Crippen molar-refractivity contribution in [2.45, 2.75) is 24.5 Å². The van der Waals surface area contributed by atoms with E-state index in [1.165, 1.54) is 0 Å². The quantitative estimate of drug-likeness (QED) is 0.326. The summed E-state index contributed by atoms with van der Waals surface area (Å²) in [6, 6.07) is -1.12. The van der Waals surface area contributed by atoms with E-state index in [4.69, 9.17) is 15.3 Å². The molecule has 2 saturated heterocycles. The fourth-order valence-electron chi connectivity index (χ4n) is 1.86. The molecule has 2 fully saturated rings. The summed E-state index contributed by atoms with van der Waals surface area (Å²) in [5, 5.41) is 37.0. The Bertz CT molecular complexity index is 465. The van der Waals surface area contributed by atoms with E-state index in [9.17, 15) is 24.6 Å². The van der Waals surface area contributed by atoms with Gasteiger partial charge in [-0.1, -0.05) is 0 Å². The molecule has 0 unspecified atom stereocenters. The van der Waals surface area contributed by atoms with Gasteiger partial charge in [0.25, 0.3) is 5.78 Å². The number of nitrogens with zero attached hydrogens (tertiary/aromatic N) is 1. The minimum absolute atomic E-state index is 0.282. The zero-order chi connectivity index (χ0) is 14.3. The fraction of sp³-hybridized carbons (Fsp3) is 0.556. The Labute approximate surface area is 106 Å². The second-order valence-corrected chi connectivity index (χ2v) is 4.04. The first-order valence-corrected chi connectivity index (χ1v) is 5.28. The maximum absolute atomic E-state index is 11.6. The summed E-state index contributed by atoms with van der Waals surface area (Å²) >= 11 is 0. The van der Waals surface area contributed by atoms with Crippen molar-refractivity contribution in [3.8, 4) is 0 Å². The second-order valence-electron chi connectivity index (χ2n) is 4.04. The minimum Gasteiger partial charge on any atom is -0.394 e. The van der Waals surface area contributed by atoms with Gasteiger partial charge in [-0.25, -0.2) is 9.69 Å². The number of aliphatic hydroxyl groups is 3. The van der Waals surface area contributed by atoms with Crippen molar-refractivity contribution >= 4 is 23.6 Å². The van der Waals surface area contributed by atoms with Crippen LogP contribution in [0.1, 0.15) is 0 Å². The highest BCUT2D eigenvalue weighted by Crippen LogP contribution is 2.25. The largest absolute Gasteiger partial charge is 0.394 e. The van der Waals surface area contributed by atoms with Crippen molar-refractivity contribution in [2.75, 3.05) is 6.61 Å². The van der Waals surface area contributed by atoms with Crippen molar-refractivity contribution < 1.29 is 34.4 Å². The molecule has 0 aromatic carbocycles. The van der Waals surface area contributed by atoms with Gasteiger partial charge in [0.05, 0.1) is 6.61 Å². The van der Waals surface area contributed by atoms with Gasteiger partial charge >= 0.3 is 11.9 Å². The number of rotatable bonds is 2. The fourth-order valence-corrected chi connectivity index (χ4v) is 1.86. The van der Waals surface area contributed by atoms with Crippen LogP contribution in [-0.4, -0.2) is 74.9 Å². The summed E-state index contributed by atoms with van der Waals surface area (Å²) < 4.78 is 4.97. The number of aliphatic hydroxyl groups excluding tert-OH is 3. The van der Waals surface area contributed by atoms with Crippen molar-refractivity contribution in [1.82, 2.24) is 10.2 Å². The SMILES string of the molecule is N=C1NC(=O)N([C@@H]2O[C@H](CO)[C@@H](O)[C@H]2O)C(=O)C1=O. The number of nitrogens with one attached hydrogen (secondary N) is 2. The molecule has 2 aliphatic rings. The number of ketones is 1. The van der Waals surface area contributed by atoms with E-state index in [2.05, 4.69) is 0 Å². The zero-order valence-electron chi connectivity index (χ0n) is 9.44. The number of amidine groups is 1. The number of hydrogen-bond donors (Lipinski definition) is 5. The number of urea groups is 1. The Morgan fingerprint density at radius 3 is 2.42 bits per heavy atom. The molecular formula is C9H11N3O7. The molecule has 0 aromatic rings. The summed E-state index contributed by atoms with van der Waals surface area (Å²) in [7, 11) is 0. The molecule has 0 aliphatic carbocycles. The summed E-state index contributed by atoms with van der Waals surface area (Å²) in [6.07, 6.45) is -5.95. The molecule has 19 heavy (non-hydrogen) atoms. The van der Waals surface area contributed by atoms with Gasteiger partial charge in [0.15, 0.2) is 12.1 Å². The number of imide groups is 1. The predicted molar refractivity (Wildman–Crippen MR) is 55.9 cm³/mol. The average molecular weight is 273 g/mol. The van der Waals surface area contributed by atoms with Gasteiger partial charge in [-0.3, -0.25) is 20.3 Å². The molecular weight excluding hydrogens is 262 g/mol. The highest BCUT2D eigenvalue weighted by Gasteiger charge is 2.51. The lowest BCUT2D eigenvalue weighted by atomic mass is 10.1. The van der Waals surface area contributed by atoms with Gasteiger partial charge < -0.3 is 20.1 Å².